The highest BCUT2D eigenvalue weighted by molar-refractivity contribution is 5.76. The van der Waals surface area contributed by atoms with Crippen LogP contribution in [0.5, 0.6) is 0 Å². The fraction of sp³-hybridized carbons (Fsp3) is 0.250. The van der Waals surface area contributed by atoms with Gasteiger partial charge >= 0.3 is 0 Å². The molecule has 104 valence electrons. The van der Waals surface area contributed by atoms with Gasteiger partial charge in [0.1, 0.15) is 0 Å². The number of hydrogen-bond donors (Lipinski definition) is 2. The zero-order chi connectivity index (χ0) is 14.4. The predicted octanol–water partition coefficient (Wildman–Crippen LogP) is 2.22. The summed E-state index contributed by atoms with van der Waals surface area (Å²) in [5.41, 5.74) is 9.46. The third kappa shape index (κ3) is 4.39. The van der Waals surface area contributed by atoms with Crippen LogP contribution in [0.1, 0.15) is 23.2 Å². The van der Waals surface area contributed by atoms with Crippen LogP contribution >= 0.6 is 0 Å². The van der Waals surface area contributed by atoms with Crippen molar-refractivity contribution < 1.29 is 4.79 Å². The van der Waals surface area contributed by atoms with Crippen LogP contribution < -0.4 is 11.1 Å². The molecule has 1 aromatic carbocycles. The minimum Gasteiger partial charge on any atom is -0.399 e. The predicted molar refractivity (Wildman–Crippen MR) is 80.0 cm³/mol. The van der Waals surface area contributed by atoms with Crippen LogP contribution in [0, 0.1) is 6.92 Å². The average Bonchev–Trinajstić information content (AvgIpc) is 2.46. The summed E-state index contributed by atoms with van der Waals surface area (Å²) in [6.07, 6.45) is 2.98. The second-order valence-corrected chi connectivity index (χ2v) is 4.83. The van der Waals surface area contributed by atoms with E-state index in [0.717, 1.165) is 28.9 Å². The summed E-state index contributed by atoms with van der Waals surface area (Å²) in [4.78, 5) is 16.0. The average molecular weight is 269 g/mol. The van der Waals surface area contributed by atoms with Crippen molar-refractivity contribution >= 4 is 11.6 Å². The molecule has 4 nitrogen and oxygen atoms in total. The van der Waals surface area contributed by atoms with Crippen LogP contribution in [-0.4, -0.2) is 10.9 Å². The Balaban J connectivity index is 1.75. The van der Waals surface area contributed by atoms with Crippen LogP contribution in [0.25, 0.3) is 0 Å². The van der Waals surface area contributed by atoms with Gasteiger partial charge in [0.15, 0.2) is 0 Å². The second kappa shape index (κ2) is 6.70. The van der Waals surface area contributed by atoms with Crippen molar-refractivity contribution in [2.75, 3.05) is 5.73 Å². The van der Waals surface area contributed by atoms with Gasteiger partial charge in [0.05, 0.1) is 0 Å². The van der Waals surface area contributed by atoms with Gasteiger partial charge in [-0.05, 0) is 42.7 Å². The summed E-state index contributed by atoms with van der Waals surface area (Å²) in [5.74, 6) is 0.0439. The molecule has 0 spiro atoms. The smallest absolute Gasteiger partial charge is 0.220 e. The van der Waals surface area contributed by atoms with Crippen LogP contribution in [0.15, 0.2) is 42.6 Å². The Morgan fingerprint density at radius 1 is 1.15 bits per heavy atom. The first kappa shape index (κ1) is 14.1. The highest BCUT2D eigenvalue weighted by Gasteiger charge is 2.02. The van der Waals surface area contributed by atoms with Gasteiger partial charge in [0.2, 0.25) is 5.91 Å². The number of pyridine rings is 1. The summed E-state index contributed by atoms with van der Waals surface area (Å²) >= 11 is 0. The SMILES string of the molecule is Cc1ccc(CNC(=O)CCc2ccc(N)cc2)cn1. The van der Waals surface area contributed by atoms with Gasteiger partial charge < -0.3 is 11.1 Å². The molecule has 0 atom stereocenters. The molecule has 0 aliphatic rings. The maximum Gasteiger partial charge on any atom is 0.220 e. The molecule has 0 aliphatic carbocycles. The number of aryl methyl sites for hydroxylation is 2. The Bertz CT molecular complexity index is 510. The molecule has 20 heavy (non-hydrogen) atoms. The lowest BCUT2D eigenvalue weighted by molar-refractivity contribution is -0.121. The third-order valence-corrected chi connectivity index (χ3v) is 3.08. The Kier molecular flexibility index (Phi) is 4.71. The largest absolute Gasteiger partial charge is 0.399 e. The zero-order valence-electron chi connectivity index (χ0n) is 11.6. The Hall–Kier alpha value is -2.36. The number of anilines is 1. The van der Waals surface area contributed by atoms with Gasteiger partial charge in [0, 0.05) is 30.5 Å². The molecule has 2 aromatic rings. The van der Waals surface area contributed by atoms with Crippen molar-refractivity contribution in [1.82, 2.24) is 10.3 Å². The van der Waals surface area contributed by atoms with E-state index in [4.69, 9.17) is 5.73 Å². The molecule has 1 amide bonds. The van der Waals surface area contributed by atoms with Crippen molar-refractivity contribution in [2.45, 2.75) is 26.3 Å². The van der Waals surface area contributed by atoms with Crippen molar-refractivity contribution in [2.24, 2.45) is 0 Å². The van der Waals surface area contributed by atoms with E-state index in [1.807, 2.05) is 43.3 Å². The number of aromatic nitrogens is 1. The first-order chi connectivity index (χ1) is 9.63. The molecule has 1 aromatic heterocycles. The molecule has 4 heteroatoms. The summed E-state index contributed by atoms with van der Waals surface area (Å²) in [5, 5.41) is 2.90. The third-order valence-electron chi connectivity index (χ3n) is 3.08. The number of nitrogens with one attached hydrogen (secondary N) is 1. The number of nitrogens with two attached hydrogens (primary N) is 1. The summed E-state index contributed by atoms with van der Waals surface area (Å²) in [6.45, 7) is 2.46. The number of carbonyl (C=O) groups is 1. The fourth-order valence-electron chi connectivity index (χ4n) is 1.83. The number of benzene rings is 1. The lowest BCUT2D eigenvalue weighted by atomic mass is 10.1. The first-order valence-electron chi connectivity index (χ1n) is 6.66. The molecule has 0 radical (unpaired) electrons. The van der Waals surface area contributed by atoms with Crippen molar-refractivity contribution in [3.63, 3.8) is 0 Å². The molecular formula is C16H19N3O. The van der Waals surface area contributed by atoms with E-state index in [1.54, 1.807) is 6.20 Å². The molecule has 0 saturated heterocycles. The number of carbonyl (C=O) groups excluding carboxylic acids is 1. The van der Waals surface area contributed by atoms with E-state index in [-0.39, 0.29) is 5.91 Å². The lowest BCUT2D eigenvalue weighted by Gasteiger charge is -2.06. The second-order valence-electron chi connectivity index (χ2n) is 4.83. The van der Waals surface area contributed by atoms with Crippen molar-refractivity contribution in [3.8, 4) is 0 Å². The maximum absolute atomic E-state index is 11.8. The van der Waals surface area contributed by atoms with Crippen LogP contribution in [0.3, 0.4) is 0 Å². The minimum atomic E-state index is 0.0439. The number of amides is 1. The van der Waals surface area contributed by atoms with Gasteiger partial charge in [-0.1, -0.05) is 18.2 Å². The maximum atomic E-state index is 11.8. The van der Waals surface area contributed by atoms with Crippen LogP contribution in [0.2, 0.25) is 0 Å². The molecule has 0 unspecified atom stereocenters. The van der Waals surface area contributed by atoms with Crippen LogP contribution in [0.4, 0.5) is 5.69 Å². The van der Waals surface area contributed by atoms with E-state index in [2.05, 4.69) is 10.3 Å². The summed E-state index contributed by atoms with van der Waals surface area (Å²) < 4.78 is 0. The van der Waals surface area contributed by atoms with Crippen molar-refractivity contribution in [3.05, 3.63) is 59.4 Å². The summed E-state index contributed by atoms with van der Waals surface area (Å²) in [7, 11) is 0. The standard InChI is InChI=1S/C16H19N3O/c1-12-2-3-14(10-18-12)11-19-16(20)9-6-13-4-7-15(17)8-5-13/h2-5,7-8,10H,6,9,11,17H2,1H3,(H,19,20). The van der Waals surface area contributed by atoms with E-state index in [9.17, 15) is 4.79 Å². The Labute approximate surface area is 119 Å². The summed E-state index contributed by atoms with van der Waals surface area (Å²) in [6, 6.07) is 11.5. The molecular weight excluding hydrogens is 250 g/mol. The van der Waals surface area contributed by atoms with Crippen LogP contribution in [-0.2, 0) is 17.8 Å². The highest BCUT2D eigenvalue weighted by atomic mass is 16.1. The molecule has 3 N–H and O–H groups in total. The van der Waals surface area contributed by atoms with E-state index >= 15 is 0 Å². The Morgan fingerprint density at radius 3 is 2.50 bits per heavy atom. The van der Waals surface area contributed by atoms with Gasteiger partial charge in [-0.25, -0.2) is 0 Å². The number of nitrogens with zero attached hydrogens (tertiary/aromatic N) is 1. The number of rotatable bonds is 5. The van der Waals surface area contributed by atoms with Crippen molar-refractivity contribution in [1.29, 1.82) is 0 Å². The normalized spacial score (nSPS) is 10.2. The van der Waals surface area contributed by atoms with Gasteiger partial charge in [-0.15, -0.1) is 0 Å². The quantitative estimate of drug-likeness (QED) is 0.818. The number of hydrogen-bond acceptors (Lipinski definition) is 3. The van der Waals surface area contributed by atoms with Gasteiger partial charge in [0.25, 0.3) is 0 Å². The van der Waals surface area contributed by atoms with Gasteiger partial charge in [-0.3, -0.25) is 9.78 Å². The van der Waals surface area contributed by atoms with E-state index < -0.39 is 0 Å². The molecule has 0 fully saturated rings. The van der Waals surface area contributed by atoms with Gasteiger partial charge in [-0.2, -0.15) is 0 Å². The lowest BCUT2D eigenvalue weighted by Crippen LogP contribution is -2.23. The first-order valence-corrected chi connectivity index (χ1v) is 6.66. The molecule has 0 aliphatic heterocycles. The zero-order valence-corrected chi connectivity index (χ0v) is 11.6. The Morgan fingerprint density at radius 2 is 1.85 bits per heavy atom. The monoisotopic (exact) mass is 269 g/mol. The fourth-order valence-corrected chi connectivity index (χ4v) is 1.83. The number of nitrogen functional groups attached to an aromatic ring is 1. The molecule has 1 heterocycles. The molecule has 2 rings (SSSR count). The molecule has 0 bridgehead atoms. The topological polar surface area (TPSA) is 68.0 Å². The van der Waals surface area contributed by atoms with E-state index in [1.165, 1.54) is 0 Å². The molecule has 0 saturated carbocycles. The van der Waals surface area contributed by atoms with E-state index in [0.29, 0.717) is 13.0 Å². The minimum absolute atomic E-state index is 0.0439. The highest BCUT2D eigenvalue weighted by Crippen LogP contribution is 2.07.